The van der Waals surface area contributed by atoms with Crippen molar-refractivity contribution in [2.45, 2.75) is 37.0 Å². The number of halogens is 1. The molecule has 1 aliphatic carbocycles. The number of sulfone groups is 1. The van der Waals surface area contributed by atoms with Gasteiger partial charge in [0.2, 0.25) is 0 Å². The Balaban J connectivity index is 2.19. The SMILES string of the molecule is CS(=O)(=O)C1CCCC(Oc2cccc(Cl)c2C(N)=S)C1. The summed E-state index contributed by atoms with van der Waals surface area (Å²) in [4.78, 5) is 0.172. The van der Waals surface area contributed by atoms with Crippen LogP contribution < -0.4 is 10.5 Å². The molecule has 4 nitrogen and oxygen atoms in total. The first-order valence-corrected chi connectivity index (χ1v) is 9.47. The van der Waals surface area contributed by atoms with Crippen LogP contribution in [0, 0.1) is 0 Å². The van der Waals surface area contributed by atoms with Gasteiger partial charge in [-0.15, -0.1) is 0 Å². The van der Waals surface area contributed by atoms with Crippen molar-refractivity contribution >= 4 is 38.6 Å². The van der Waals surface area contributed by atoms with E-state index >= 15 is 0 Å². The van der Waals surface area contributed by atoms with Crippen molar-refractivity contribution < 1.29 is 13.2 Å². The average molecular weight is 348 g/mol. The number of thiocarbonyl (C=S) groups is 1. The molecule has 1 aromatic carbocycles. The normalized spacial score (nSPS) is 22.8. The highest BCUT2D eigenvalue weighted by molar-refractivity contribution is 7.91. The quantitative estimate of drug-likeness (QED) is 0.848. The van der Waals surface area contributed by atoms with Crippen molar-refractivity contribution in [3.05, 3.63) is 28.8 Å². The zero-order valence-electron chi connectivity index (χ0n) is 11.7. The molecule has 0 saturated heterocycles. The summed E-state index contributed by atoms with van der Waals surface area (Å²) in [5, 5.41) is 0.0965. The highest BCUT2D eigenvalue weighted by Gasteiger charge is 2.30. The summed E-state index contributed by atoms with van der Waals surface area (Å²) < 4.78 is 29.3. The maximum Gasteiger partial charge on any atom is 0.150 e. The number of nitrogens with two attached hydrogens (primary N) is 1. The summed E-state index contributed by atoms with van der Waals surface area (Å²) in [5.74, 6) is 0.522. The summed E-state index contributed by atoms with van der Waals surface area (Å²) in [6, 6.07) is 5.21. The molecule has 0 aliphatic heterocycles. The second-order valence-corrected chi connectivity index (χ2v) is 8.51. The lowest BCUT2D eigenvalue weighted by Gasteiger charge is -2.29. The second-order valence-electron chi connectivity index (χ2n) is 5.34. The van der Waals surface area contributed by atoms with E-state index in [1.165, 1.54) is 6.26 Å². The van der Waals surface area contributed by atoms with E-state index in [1.54, 1.807) is 18.2 Å². The van der Waals surface area contributed by atoms with E-state index in [1.807, 2.05) is 0 Å². The van der Waals surface area contributed by atoms with Gasteiger partial charge in [0, 0.05) is 12.7 Å². The Morgan fingerprint density at radius 2 is 2.14 bits per heavy atom. The topological polar surface area (TPSA) is 69.4 Å². The van der Waals surface area contributed by atoms with Gasteiger partial charge in [-0.3, -0.25) is 0 Å². The van der Waals surface area contributed by atoms with Gasteiger partial charge >= 0.3 is 0 Å². The number of rotatable bonds is 4. The molecule has 0 spiro atoms. The fourth-order valence-corrected chi connectivity index (χ4v) is 4.31. The van der Waals surface area contributed by atoms with E-state index in [0.717, 1.165) is 12.8 Å². The molecule has 2 rings (SSSR count). The minimum atomic E-state index is -3.04. The van der Waals surface area contributed by atoms with Gasteiger partial charge in [-0.2, -0.15) is 0 Å². The summed E-state index contributed by atoms with van der Waals surface area (Å²) >= 11 is 11.1. The molecule has 0 aromatic heterocycles. The Morgan fingerprint density at radius 1 is 1.43 bits per heavy atom. The molecule has 0 heterocycles. The van der Waals surface area contributed by atoms with Crippen molar-refractivity contribution in [3.8, 4) is 5.75 Å². The molecule has 1 saturated carbocycles. The minimum Gasteiger partial charge on any atom is -0.490 e. The van der Waals surface area contributed by atoms with Crippen LogP contribution in [-0.4, -0.2) is 31.0 Å². The first kappa shape index (κ1) is 16.5. The fraction of sp³-hybridized carbons (Fsp3) is 0.500. The minimum absolute atomic E-state index is 0.162. The number of hydrogen-bond acceptors (Lipinski definition) is 4. The Bertz CT molecular complexity index is 646. The summed E-state index contributed by atoms with van der Waals surface area (Å²) in [5.41, 5.74) is 6.20. The van der Waals surface area contributed by atoms with Gasteiger partial charge in [-0.1, -0.05) is 29.9 Å². The highest BCUT2D eigenvalue weighted by Crippen LogP contribution is 2.31. The van der Waals surface area contributed by atoms with Crippen molar-refractivity contribution in [3.63, 3.8) is 0 Å². The number of hydrogen-bond donors (Lipinski definition) is 1. The van der Waals surface area contributed by atoms with Crippen molar-refractivity contribution in [1.82, 2.24) is 0 Å². The van der Waals surface area contributed by atoms with Crippen LogP contribution >= 0.6 is 23.8 Å². The van der Waals surface area contributed by atoms with Gasteiger partial charge in [-0.05, 0) is 31.4 Å². The summed E-state index contributed by atoms with van der Waals surface area (Å²) in [6.07, 6.45) is 3.93. The third-order valence-electron chi connectivity index (χ3n) is 3.70. The average Bonchev–Trinajstić information content (AvgIpc) is 2.37. The molecule has 1 aliphatic rings. The smallest absolute Gasteiger partial charge is 0.150 e. The van der Waals surface area contributed by atoms with Gasteiger partial charge in [0.25, 0.3) is 0 Å². The van der Waals surface area contributed by atoms with E-state index in [-0.39, 0.29) is 16.3 Å². The third-order valence-corrected chi connectivity index (χ3v) is 5.86. The van der Waals surface area contributed by atoms with Crippen LogP contribution in [0.5, 0.6) is 5.75 Å². The van der Waals surface area contributed by atoms with Crippen molar-refractivity contribution in [2.24, 2.45) is 5.73 Å². The van der Waals surface area contributed by atoms with Gasteiger partial charge in [0.1, 0.15) is 20.6 Å². The van der Waals surface area contributed by atoms with Crippen LogP contribution in [0.3, 0.4) is 0 Å². The zero-order chi connectivity index (χ0) is 15.6. The van der Waals surface area contributed by atoms with Gasteiger partial charge in [0.05, 0.1) is 21.9 Å². The molecule has 1 aromatic rings. The molecule has 2 N–H and O–H groups in total. The molecular formula is C14H18ClNO3S2. The maximum atomic E-state index is 11.7. The third kappa shape index (κ3) is 4.08. The first-order valence-electron chi connectivity index (χ1n) is 6.73. The highest BCUT2D eigenvalue weighted by atomic mass is 35.5. The fourth-order valence-electron chi connectivity index (χ4n) is 2.62. The van der Waals surface area contributed by atoms with Gasteiger partial charge in [0.15, 0.2) is 0 Å². The van der Waals surface area contributed by atoms with Crippen LogP contribution in [-0.2, 0) is 9.84 Å². The lowest BCUT2D eigenvalue weighted by atomic mass is 9.97. The molecule has 1 fully saturated rings. The number of ether oxygens (including phenoxy) is 1. The van der Waals surface area contributed by atoms with E-state index in [0.29, 0.717) is 29.2 Å². The van der Waals surface area contributed by atoms with Crippen LogP contribution in [0.1, 0.15) is 31.2 Å². The lowest BCUT2D eigenvalue weighted by molar-refractivity contribution is 0.156. The Kier molecular flexibility index (Phi) is 5.11. The predicted molar refractivity (Wildman–Crippen MR) is 88.9 cm³/mol. The van der Waals surface area contributed by atoms with Crippen molar-refractivity contribution in [1.29, 1.82) is 0 Å². The molecule has 0 radical (unpaired) electrons. The van der Waals surface area contributed by atoms with E-state index in [2.05, 4.69) is 0 Å². The van der Waals surface area contributed by atoms with E-state index in [9.17, 15) is 8.42 Å². The predicted octanol–water partition coefficient (Wildman–Crippen LogP) is 2.71. The standard InChI is InChI=1S/C14H18ClNO3S2/c1-21(17,18)10-5-2-4-9(8-10)19-12-7-3-6-11(15)13(12)14(16)20/h3,6-7,9-10H,2,4-5,8H2,1H3,(H2,16,20). The van der Waals surface area contributed by atoms with E-state index < -0.39 is 9.84 Å². The molecule has 7 heteroatoms. The summed E-state index contributed by atoms with van der Waals surface area (Å²) in [6.45, 7) is 0. The Labute approximate surface area is 135 Å². The zero-order valence-corrected chi connectivity index (χ0v) is 14.1. The van der Waals surface area contributed by atoms with Crippen molar-refractivity contribution in [2.75, 3.05) is 6.26 Å². The molecule has 2 atom stereocenters. The maximum absolute atomic E-state index is 11.7. The molecule has 2 unspecified atom stereocenters. The Hall–Kier alpha value is -0.850. The number of benzene rings is 1. The molecular weight excluding hydrogens is 330 g/mol. The molecule has 0 bridgehead atoms. The Morgan fingerprint density at radius 3 is 2.76 bits per heavy atom. The monoisotopic (exact) mass is 347 g/mol. The van der Waals surface area contributed by atoms with Crippen LogP contribution in [0.15, 0.2) is 18.2 Å². The van der Waals surface area contributed by atoms with Crippen LogP contribution in [0.25, 0.3) is 0 Å². The summed E-state index contributed by atoms with van der Waals surface area (Å²) in [7, 11) is -3.04. The molecule has 0 amide bonds. The molecule has 21 heavy (non-hydrogen) atoms. The molecule has 116 valence electrons. The first-order chi connectivity index (χ1) is 9.79. The lowest BCUT2D eigenvalue weighted by Crippen LogP contribution is -2.33. The van der Waals surface area contributed by atoms with Crippen LogP contribution in [0.2, 0.25) is 5.02 Å². The largest absolute Gasteiger partial charge is 0.490 e. The second kappa shape index (κ2) is 6.50. The van der Waals surface area contributed by atoms with Gasteiger partial charge in [-0.25, -0.2) is 8.42 Å². The van der Waals surface area contributed by atoms with Gasteiger partial charge < -0.3 is 10.5 Å². The van der Waals surface area contributed by atoms with Crippen LogP contribution in [0.4, 0.5) is 0 Å². The van der Waals surface area contributed by atoms with E-state index in [4.69, 9.17) is 34.3 Å².